The molecule has 1 heterocycles. The van der Waals surface area contributed by atoms with Crippen molar-refractivity contribution in [1.82, 2.24) is 19.7 Å². The summed E-state index contributed by atoms with van der Waals surface area (Å²) in [7, 11) is 0. The van der Waals surface area contributed by atoms with E-state index in [1.807, 2.05) is 12.1 Å². The fourth-order valence-corrected chi connectivity index (χ4v) is 2.66. The van der Waals surface area contributed by atoms with Crippen LogP contribution in [0.4, 0.5) is 13.2 Å². The average Bonchev–Trinajstić information content (AvgIpc) is 3.13. The Labute approximate surface area is 159 Å². The van der Waals surface area contributed by atoms with Crippen molar-refractivity contribution in [2.45, 2.75) is 6.18 Å². The van der Waals surface area contributed by atoms with Crippen LogP contribution in [0.1, 0.15) is 10.6 Å². The first-order chi connectivity index (χ1) is 13.4. The summed E-state index contributed by atoms with van der Waals surface area (Å²) >= 11 is 0. The van der Waals surface area contributed by atoms with E-state index in [-0.39, 0.29) is 12.4 Å². The van der Waals surface area contributed by atoms with Crippen molar-refractivity contribution in [1.29, 1.82) is 0 Å². The summed E-state index contributed by atoms with van der Waals surface area (Å²) in [6.07, 6.45) is -3.31. The van der Waals surface area contributed by atoms with Crippen LogP contribution in [0.3, 0.4) is 0 Å². The third-order valence-corrected chi connectivity index (χ3v) is 3.84. The highest BCUT2D eigenvalue weighted by Crippen LogP contribution is 2.22. The van der Waals surface area contributed by atoms with Crippen LogP contribution >= 0.6 is 0 Å². The Morgan fingerprint density at radius 3 is 2.25 bits per heavy atom. The predicted octanol–water partition coefficient (Wildman–Crippen LogP) is 4.12. The Morgan fingerprint density at radius 2 is 1.68 bits per heavy atom. The largest absolute Gasteiger partial charge is 0.406 e. The van der Waals surface area contributed by atoms with Crippen LogP contribution in [0.2, 0.25) is 0 Å². The van der Waals surface area contributed by atoms with Gasteiger partial charge in [0.2, 0.25) is 5.82 Å². The number of carbonyl (C=O) groups excluding carboxylic acids is 1. The zero-order chi connectivity index (χ0) is 20.1. The van der Waals surface area contributed by atoms with Gasteiger partial charge in [-0.25, -0.2) is 9.67 Å². The minimum atomic E-state index is -4.54. The van der Waals surface area contributed by atoms with E-state index in [4.69, 9.17) is 0 Å². The summed E-state index contributed by atoms with van der Waals surface area (Å²) in [6.45, 7) is 1.75. The molecule has 0 spiro atoms. The number of amides is 1. The number of hydrogen-bond donors (Lipinski definition) is 0. The highest BCUT2D eigenvalue weighted by atomic mass is 19.4. The Hall–Kier alpha value is -3.42. The maximum Gasteiger partial charge on any atom is 0.406 e. The second kappa shape index (κ2) is 8.08. The van der Waals surface area contributed by atoms with E-state index in [0.717, 1.165) is 0 Å². The molecule has 0 N–H and O–H groups in total. The van der Waals surface area contributed by atoms with E-state index in [2.05, 4.69) is 16.7 Å². The van der Waals surface area contributed by atoms with Crippen molar-refractivity contribution in [3.8, 4) is 17.1 Å². The number of rotatable bonds is 6. The molecular formula is C20H17F3N4O. The first-order valence-corrected chi connectivity index (χ1v) is 8.44. The zero-order valence-electron chi connectivity index (χ0n) is 14.8. The summed E-state index contributed by atoms with van der Waals surface area (Å²) < 4.78 is 40.0. The molecule has 8 heteroatoms. The van der Waals surface area contributed by atoms with E-state index in [0.29, 0.717) is 22.0 Å². The van der Waals surface area contributed by atoms with E-state index >= 15 is 0 Å². The Balaban J connectivity index is 2.06. The lowest BCUT2D eigenvalue weighted by Gasteiger charge is -2.20. The van der Waals surface area contributed by atoms with Gasteiger partial charge in [-0.1, -0.05) is 54.6 Å². The summed E-state index contributed by atoms with van der Waals surface area (Å²) in [5, 5.41) is 4.20. The monoisotopic (exact) mass is 386 g/mol. The molecular weight excluding hydrogens is 369 g/mol. The summed E-state index contributed by atoms with van der Waals surface area (Å²) in [4.78, 5) is 17.5. The molecule has 0 radical (unpaired) electrons. The number of alkyl halides is 3. The molecule has 0 aliphatic rings. The Kier molecular flexibility index (Phi) is 5.58. The summed E-state index contributed by atoms with van der Waals surface area (Å²) in [6, 6.07) is 18.0. The molecule has 0 fully saturated rings. The fraction of sp³-hybridized carbons (Fsp3) is 0.150. The molecule has 1 amide bonds. The highest BCUT2D eigenvalue weighted by Gasteiger charge is 2.34. The van der Waals surface area contributed by atoms with Crippen molar-refractivity contribution < 1.29 is 18.0 Å². The summed E-state index contributed by atoms with van der Waals surface area (Å²) in [5.74, 6) is -0.862. The van der Waals surface area contributed by atoms with Crippen LogP contribution < -0.4 is 0 Å². The van der Waals surface area contributed by atoms with Gasteiger partial charge in [0, 0.05) is 12.1 Å². The standard InChI is InChI=1S/C20H17F3N4O/c1-2-13-26(14-20(21,22)23)19(28)17-24-18(15-9-5-3-6-10-15)27(25-17)16-11-7-4-8-12-16/h2-12H,1,13-14H2. The number of nitrogens with zero attached hydrogens (tertiary/aromatic N) is 4. The molecule has 5 nitrogen and oxygen atoms in total. The molecule has 0 aliphatic heterocycles. The van der Waals surface area contributed by atoms with Crippen molar-refractivity contribution in [2.75, 3.05) is 13.1 Å². The second-order valence-corrected chi connectivity index (χ2v) is 5.96. The fourth-order valence-electron chi connectivity index (χ4n) is 2.66. The van der Waals surface area contributed by atoms with Crippen LogP contribution in [-0.2, 0) is 0 Å². The van der Waals surface area contributed by atoms with Gasteiger partial charge < -0.3 is 4.90 Å². The maximum absolute atomic E-state index is 12.8. The Bertz CT molecular complexity index is 896. The van der Waals surface area contributed by atoms with Gasteiger partial charge >= 0.3 is 6.18 Å². The van der Waals surface area contributed by atoms with E-state index in [1.54, 1.807) is 48.5 Å². The SMILES string of the molecule is C=CCN(CC(F)(F)F)C(=O)c1nc(-c2ccccc2)n(-c2ccccc2)n1. The van der Waals surface area contributed by atoms with E-state index < -0.39 is 18.6 Å². The molecule has 1 aromatic heterocycles. The van der Waals surface area contributed by atoms with Crippen LogP contribution in [0.25, 0.3) is 17.1 Å². The first kappa shape index (κ1) is 19.3. The molecule has 0 saturated carbocycles. The first-order valence-electron chi connectivity index (χ1n) is 8.44. The van der Waals surface area contributed by atoms with Crippen LogP contribution in [0.5, 0.6) is 0 Å². The molecule has 0 aliphatic carbocycles. The number of hydrogen-bond acceptors (Lipinski definition) is 3. The van der Waals surface area contributed by atoms with Crippen LogP contribution in [0, 0.1) is 0 Å². The van der Waals surface area contributed by atoms with Gasteiger partial charge in [0.05, 0.1) is 5.69 Å². The van der Waals surface area contributed by atoms with Gasteiger partial charge in [-0.3, -0.25) is 4.79 Å². The Morgan fingerprint density at radius 1 is 1.07 bits per heavy atom. The third kappa shape index (κ3) is 4.46. The van der Waals surface area contributed by atoms with Crippen molar-refractivity contribution >= 4 is 5.91 Å². The van der Waals surface area contributed by atoms with Crippen LogP contribution in [-0.4, -0.2) is 44.8 Å². The molecule has 0 saturated heterocycles. The van der Waals surface area contributed by atoms with E-state index in [9.17, 15) is 18.0 Å². The van der Waals surface area contributed by atoms with Gasteiger partial charge in [-0.2, -0.15) is 13.2 Å². The molecule has 0 unspecified atom stereocenters. The second-order valence-electron chi connectivity index (χ2n) is 5.96. The number of aromatic nitrogens is 3. The minimum absolute atomic E-state index is 0.265. The van der Waals surface area contributed by atoms with Crippen LogP contribution in [0.15, 0.2) is 73.3 Å². The number of carbonyl (C=O) groups is 1. The maximum atomic E-state index is 12.8. The number of benzene rings is 2. The van der Waals surface area contributed by atoms with Crippen molar-refractivity contribution in [3.05, 3.63) is 79.1 Å². The lowest BCUT2D eigenvalue weighted by atomic mass is 10.2. The molecule has 3 aromatic rings. The molecule has 28 heavy (non-hydrogen) atoms. The van der Waals surface area contributed by atoms with Gasteiger partial charge in [-0.15, -0.1) is 11.7 Å². The summed E-state index contributed by atoms with van der Waals surface area (Å²) in [5.41, 5.74) is 1.32. The van der Waals surface area contributed by atoms with Gasteiger partial charge in [0.1, 0.15) is 6.54 Å². The average molecular weight is 386 g/mol. The zero-order valence-corrected chi connectivity index (χ0v) is 14.8. The number of para-hydroxylation sites is 1. The lowest BCUT2D eigenvalue weighted by Crippen LogP contribution is -2.39. The van der Waals surface area contributed by atoms with Gasteiger partial charge in [-0.05, 0) is 12.1 Å². The highest BCUT2D eigenvalue weighted by molar-refractivity contribution is 5.91. The van der Waals surface area contributed by atoms with Gasteiger partial charge in [0.15, 0.2) is 5.82 Å². The topological polar surface area (TPSA) is 51.0 Å². The predicted molar refractivity (Wildman–Crippen MR) is 99.0 cm³/mol. The van der Waals surface area contributed by atoms with Crippen molar-refractivity contribution in [2.24, 2.45) is 0 Å². The smallest absolute Gasteiger partial charge is 0.323 e. The normalized spacial score (nSPS) is 11.2. The van der Waals surface area contributed by atoms with Crippen molar-refractivity contribution in [3.63, 3.8) is 0 Å². The number of halogens is 3. The molecule has 3 rings (SSSR count). The molecule has 144 valence electrons. The lowest BCUT2D eigenvalue weighted by molar-refractivity contribution is -0.139. The molecule has 2 aromatic carbocycles. The third-order valence-electron chi connectivity index (χ3n) is 3.84. The minimum Gasteiger partial charge on any atom is -0.323 e. The molecule has 0 atom stereocenters. The quantitative estimate of drug-likeness (QED) is 0.599. The molecule has 0 bridgehead atoms. The van der Waals surface area contributed by atoms with Gasteiger partial charge in [0.25, 0.3) is 5.91 Å². The van der Waals surface area contributed by atoms with E-state index in [1.165, 1.54) is 10.8 Å².